The predicted octanol–water partition coefficient (Wildman–Crippen LogP) is 1.85. The quantitative estimate of drug-likeness (QED) is 0.252. The van der Waals surface area contributed by atoms with Crippen molar-refractivity contribution in [3.8, 4) is 12.3 Å². The highest BCUT2D eigenvalue weighted by atomic mass is 31.2. The van der Waals surface area contributed by atoms with Gasteiger partial charge in [0.05, 0.1) is 43.5 Å². The standard InChI is InChI=1S/C12H23NO3P2/c1-6-7-14-8-9-15-10-11-16-12-13(17(2)3)18(4)5/h1H,2,4,7-12H2,3,5H3/q+2. The summed E-state index contributed by atoms with van der Waals surface area (Å²) in [4.78, 5) is 0. The molecule has 0 aromatic rings. The van der Waals surface area contributed by atoms with Crippen molar-refractivity contribution < 1.29 is 14.2 Å². The minimum Gasteiger partial charge on any atom is -0.377 e. The van der Waals surface area contributed by atoms with Gasteiger partial charge in [-0.15, -0.1) is 6.42 Å². The molecule has 0 N–H and O–H groups in total. The average molecular weight is 291 g/mol. The minimum absolute atomic E-state index is 0.335. The molecule has 0 fully saturated rings. The molecule has 0 spiro atoms. The Bertz CT molecular complexity index is 288. The first-order chi connectivity index (χ1) is 8.59. The average Bonchev–Trinajstić information content (AvgIpc) is 2.30. The summed E-state index contributed by atoms with van der Waals surface area (Å²) in [6, 6.07) is 0. The second kappa shape index (κ2) is 11.8. The van der Waals surface area contributed by atoms with Gasteiger partial charge in [0.25, 0.3) is 0 Å². The number of ether oxygens (including phenoxy) is 3. The molecule has 0 aromatic carbocycles. The fraction of sp³-hybridized carbons (Fsp3) is 0.667. The molecule has 18 heavy (non-hydrogen) atoms. The Balaban J connectivity index is 3.42. The van der Waals surface area contributed by atoms with Crippen LogP contribution in [0.3, 0.4) is 0 Å². The molecule has 0 radical (unpaired) electrons. The molecule has 0 aliphatic rings. The van der Waals surface area contributed by atoms with E-state index in [4.69, 9.17) is 20.6 Å². The maximum atomic E-state index is 5.53. The van der Waals surface area contributed by atoms with Crippen molar-refractivity contribution in [1.29, 1.82) is 0 Å². The van der Waals surface area contributed by atoms with Crippen molar-refractivity contribution in [2.75, 3.05) is 53.1 Å². The van der Waals surface area contributed by atoms with E-state index in [9.17, 15) is 0 Å². The Hall–Kier alpha value is -0.260. The number of nitrogens with zero attached hydrogens (tertiary/aromatic N) is 1. The van der Waals surface area contributed by atoms with Crippen LogP contribution in [0.15, 0.2) is 0 Å². The Labute approximate surface area is 112 Å². The van der Waals surface area contributed by atoms with Crippen molar-refractivity contribution in [1.82, 2.24) is 4.44 Å². The molecule has 0 saturated heterocycles. The van der Waals surface area contributed by atoms with E-state index in [0.29, 0.717) is 39.8 Å². The maximum Gasteiger partial charge on any atom is 0.221 e. The van der Waals surface area contributed by atoms with Gasteiger partial charge in [-0.3, -0.25) is 0 Å². The van der Waals surface area contributed by atoms with Crippen LogP contribution >= 0.6 is 15.4 Å². The SMILES string of the molecule is C#CCOCCOCCOCN([P+](=C)C)[P+](=C)C. The number of rotatable bonds is 11. The highest BCUT2D eigenvalue weighted by Crippen LogP contribution is 2.36. The zero-order chi connectivity index (χ0) is 13.8. The number of hydrogen-bond acceptors (Lipinski definition) is 4. The van der Waals surface area contributed by atoms with Gasteiger partial charge in [0.15, 0.2) is 6.73 Å². The van der Waals surface area contributed by atoms with Gasteiger partial charge >= 0.3 is 0 Å². The van der Waals surface area contributed by atoms with E-state index in [2.05, 4.69) is 36.3 Å². The van der Waals surface area contributed by atoms with Crippen LogP contribution in [0.5, 0.6) is 0 Å². The van der Waals surface area contributed by atoms with Crippen LogP contribution in [0.4, 0.5) is 0 Å². The molecule has 102 valence electrons. The van der Waals surface area contributed by atoms with Gasteiger partial charge in [-0.05, 0) is 0 Å². The molecule has 2 unspecified atom stereocenters. The van der Waals surface area contributed by atoms with Crippen LogP contribution < -0.4 is 0 Å². The van der Waals surface area contributed by atoms with Crippen LogP contribution in [0.2, 0.25) is 0 Å². The third-order valence-electron chi connectivity index (χ3n) is 1.92. The lowest BCUT2D eigenvalue weighted by Gasteiger charge is -2.07. The normalized spacial score (nSPS) is 12.3. The van der Waals surface area contributed by atoms with E-state index in [1.165, 1.54) is 0 Å². The van der Waals surface area contributed by atoms with Crippen molar-refractivity contribution >= 4 is 28.0 Å². The second-order valence-corrected chi connectivity index (χ2v) is 7.51. The summed E-state index contributed by atoms with van der Waals surface area (Å²) in [6.45, 7) is 7.30. The van der Waals surface area contributed by atoms with Crippen molar-refractivity contribution in [2.24, 2.45) is 0 Å². The van der Waals surface area contributed by atoms with E-state index in [-0.39, 0.29) is 0 Å². The van der Waals surface area contributed by atoms with Crippen molar-refractivity contribution in [3.05, 3.63) is 0 Å². The monoisotopic (exact) mass is 291 g/mol. The Morgan fingerprint density at radius 3 is 2.00 bits per heavy atom. The molecule has 4 nitrogen and oxygen atoms in total. The lowest BCUT2D eigenvalue weighted by molar-refractivity contribution is 0.0125. The van der Waals surface area contributed by atoms with Gasteiger partial charge in [-0.25, -0.2) is 0 Å². The predicted molar refractivity (Wildman–Crippen MR) is 83.1 cm³/mol. The van der Waals surface area contributed by atoms with Gasteiger partial charge < -0.3 is 14.2 Å². The summed E-state index contributed by atoms with van der Waals surface area (Å²) in [5.74, 6) is 2.40. The molecular formula is C12H23NO3P2+2. The lowest BCUT2D eigenvalue weighted by Crippen LogP contribution is -2.15. The van der Waals surface area contributed by atoms with E-state index in [0.717, 1.165) is 0 Å². The van der Waals surface area contributed by atoms with Crippen LogP contribution in [-0.2, 0) is 14.2 Å². The highest BCUT2D eigenvalue weighted by molar-refractivity contribution is 7.67. The topological polar surface area (TPSA) is 30.9 Å². The van der Waals surface area contributed by atoms with Crippen molar-refractivity contribution in [3.63, 3.8) is 0 Å². The fourth-order valence-electron chi connectivity index (χ4n) is 1.07. The maximum absolute atomic E-state index is 5.53. The third kappa shape index (κ3) is 9.74. The first-order valence-electron chi connectivity index (χ1n) is 5.62. The van der Waals surface area contributed by atoms with Gasteiger partial charge in [-0.1, -0.05) is 5.92 Å². The first-order valence-corrected chi connectivity index (χ1v) is 9.47. The zero-order valence-corrected chi connectivity index (χ0v) is 13.1. The summed E-state index contributed by atoms with van der Waals surface area (Å²) in [7, 11) is -0.786. The van der Waals surface area contributed by atoms with Crippen LogP contribution in [0.1, 0.15) is 0 Å². The Kier molecular flexibility index (Phi) is 11.6. The van der Waals surface area contributed by atoms with Gasteiger partial charge in [0.1, 0.15) is 19.9 Å². The van der Waals surface area contributed by atoms with Crippen LogP contribution in [0, 0.1) is 12.3 Å². The highest BCUT2D eigenvalue weighted by Gasteiger charge is 2.24. The molecule has 0 saturated carbocycles. The molecule has 0 aromatic heterocycles. The summed E-state index contributed by atoms with van der Waals surface area (Å²) in [5, 5.41) is 0. The smallest absolute Gasteiger partial charge is 0.221 e. The fourth-order valence-corrected chi connectivity index (χ4v) is 3.72. The van der Waals surface area contributed by atoms with Crippen molar-refractivity contribution in [2.45, 2.75) is 0 Å². The van der Waals surface area contributed by atoms with Gasteiger partial charge in [0.2, 0.25) is 15.4 Å². The molecule has 6 heteroatoms. The van der Waals surface area contributed by atoms with Gasteiger partial charge in [-0.2, -0.15) is 0 Å². The first kappa shape index (κ1) is 17.7. The Morgan fingerprint density at radius 1 is 1.00 bits per heavy atom. The molecule has 0 heterocycles. The summed E-state index contributed by atoms with van der Waals surface area (Å²) in [5.41, 5.74) is 0. The van der Waals surface area contributed by atoms with Crippen LogP contribution in [-0.4, -0.2) is 70.1 Å². The van der Waals surface area contributed by atoms with E-state index >= 15 is 0 Å². The van der Waals surface area contributed by atoms with Gasteiger partial charge in [0, 0.05) is 0 Å². The number of terminal acetylenes is 1. The summed E-state index contributed by atoms with van der Waals surface area (Å²) >= 11 is 0. The molecule has 2 atom stereocenters. The third-order valence-corrected chi connectivity index (χ3v) is 5.56. The second-order valence-electron chi connectivity index (χ2n) is 3.59. The molecule has 0 bridgehead atoms. The van der Waals surface area contributed by atoms with Crippen LogP contribution in [0.25, 0.3) is 0 Å². The van der Waals surface area contributed by atoms with E-state index < -0.39 is 15.4 Å². The van der Waals surface area contributed by atoms with E-state index in [1.54, 1.807) is 0 Å². The Morgan fingerprint density at radius 2 is 1.50 bits per heavy atom. The molecule has 0 aliphatic heterocycles. The summed E-state index contributed by atoms with van der Waals surface area (Å²) < 4.78 is 18.1. The summed E-state index contributed by atoms with van der Waals surface area (Å²) in [6.07, 6.45) is 13.1. The number of hydrogen-bond donors (Lipinski definition) is 0. The minimum atomic E-state index is -0.393. The zero-order valence-electron chi connectivity index (χ0n) is 11.3. The largest absolute Gasteiger partial charge is 0.377 e. The molecule has 0 rings (SSSR count). The lowest BCUT2D eigenvalue weighted by atomic mass is 10.7. The molecule has 0 amide bonds. The molecular weight excluding hydrogens is 268 g/mol. The van der Waals surface area contributed by atoms with E-state index in [1.807, 2.05) is 0 Å². The molecule has 0 aliphatic carbocycles.